The number of nitrogens with two attached hydrogens (primary N) is 1. The molecule has 0 unspecified atom stereocenters. The minimum Gasteiger partial charge on any atom is -0.339 e. The first-order valence-corrected chi connectivity index (χ1v) is 6.74. The van der Waals surface area contributed by atoms with E-state index in [9.17, 15) is 0 Å². The highest BCUT2D eigenvalue weighted by molar-refractivity contribution is 4.87. The van der Waals surface area contributed by atoms with Crippen molar-refractivity contribution in [1.82, 2.24) is 15.0 Å². The molecule has 0 amide bonds. The standard InChI is InChI=1S/C13H26N4O/c1-5-7-17(10-13(3,4)9-14)8-11-15-12(6-2)18-16-11/h5-10,14H2,1-4H3. The van der Waals surface area contributed by atoms with E-state index >= 15 is 0 Å². The Kier molecular flexibility index (Phi) is 5.75. The van der Waals surface area contributed by atoms with Crippen LogP contribution in [-0.4, -0.2) is 34.7 Å². The van der Waals surface area contributed by atoms with Crippen molar-refractivity contribution in [3.05, 3.63) is 11.7 Å². The number of rotatable bonds is 8. The van der Waals surface area contributed by atoms with E-state index in [0.717, 1.165) is 38.3 Å². The van der Waals surface area contributed by atoms with Gasteiger partial charge in [-0.25, -0.2) is 0 Å². The Morgan fingerprint density at radius 1 is 1.33 bits per heavy atom. The van der Waals surface area contributed by atoms with Crippen LogP contribution in [0.15, 0.2) is 4.52 Å². The largest absolute Gasteiger partial charge is 0.339 e. The molecule has 0 bridgehead atoms. The van der Waals surface area contributed by atoms with Crippen LogP contribution < -0.4 is 5.73 Å². The van der Waals surface area contributed by atoms with E-state index in [1.807, 2.05) is 6.92 Å². The van der Waals surface area contributed by atoms with Gasteiger partial charge in [-0.3, -0.25) is 4.90 Å². The molecule has 0 fully saturated rings. The zero-order chi connectivity index (χ0) is 13.6. The van der Waals surface area contributed by atoms with Crippen LogP contribution in [0.4, 0.5) is 0 Å². The Balaban J connectivity index is 2.62. The van der Waals surface area contributed by atoms with E-state index < -0.39 is 0 Å². The summed E-state index contributed by atoms with van der Waals surface area (Å²) < 4.78 is 5.14. The van der Waals surface area contributed by atoms with Gasteiger partial charge in [0.1, 0.15) is 0 Å². The Labute approximate surface area is 110 Å². The predicted molar refractivity (Wildman–Crippen MR) is 72.1 cm³/mol. The van der Waals surface area contributed by atoms with E-state index in [0.29, 0.717) is 12.4 Å². The van der Waals surface area contributed by atoms with Gasteiger partial charge in [-0.2, -0.15) is 4.98 Å². The second-order valence-corrected chi connectivity index (χ2v) is 5.54. The maximum atomic E-state index is 5.79. The fraction of sp³-hybridized carbons (Fsp3) is 0.846. The molecule has 0 spiro atoms. The van der Waals surface area contributed by atoms with Crippen molar-refractivity contribution in [3.8, 4) is 0 Å². The molecule has 0 aliphatic heterocycles. The Bertz CT molecular complexity index is 349. The van der Waals surface area contributed by atoms with Crippen molar-refractivity contribution < 1.29 is 4.52 Å². The van der Waals surface area contributed by atoms with Crippen molar-refractivity contribution in [1.29, 1.82) is 0 Å². The van der Waals surface area contributed by atoms with Crippen LogP contribution in [0.3, 0.4) is 0 Å². The Morgan fingerprint density at radius 2 is 2.06 bits per heavy atom. The minimum absolute atomic E-state index is 0.118. The SMILES string of the molecule is CCCN(Cc1noc(CC)n1)CC(C)(C)CN. The van der Waals surface area contributed by atoms with Gasteiger partial charge in [0.2, 0.25) is 5.89 Å². The second kappa shape index (κ2) is 6.85. The monoisotopic (exact) mass is 254 g/mol. The lowest BCUT2D eigenvalue weighted by atomic mass is 9.93. The van der Waals surface area contributed by atoms with Crippen molar-refractivity contribution in [2.45, 2.75) is 47.1 Å². The summed E-state index contributed by atoms with van der Waals surface area (Å²) in [5.74, 6) is 1.48. The molecule has 0 aliphatic rings. The lowest BCUT2D eigenvalue weighted by molar-refractivity contribution is 0.171. The first-order chi connectivity index (χ1) is 8.50. The molecule has 2 N–H and O–H groups in total. The molecule has 0 saturated carbocycles. The summed E-state index contributed by atoms with van der Waals surface area (Å²) in [5, 5.41) is 4.01. The highest BCUT2D eigenvalue weighted by Crippen LogP contribution is 2.16. The zero-order valence-electron chi connectivity index (χ0n) is 12.1. The van der Waals surface area contributed by atoms with Crippen LogP contribution in [0.2, 0.25) is 0 Å². The molecule has 104 valence electrons. The summed E-state index contributed by atoms with van der Waals surface area (Å²) in [6, 6.07) is 0. The van der Waals surface area contributed by atoms with Crippen LogP contribution in [-0.2, 0) is 13.0 Å². The van der Waals surface area contributed by atoms with Crippen LogP contribution in [0.25, 0.3) is 0 Å². The van der Waals surface area contributed by atoms with Gasteiger partial charge in [0.15, 0.2) is 5.82 Å². The molecule has 18 heavy (non-hydrogen) atoms. The maximum Gasteiger partial charge on any atom is 0.226 e. The average Bonchev–Trinajstić information content (AvgIpc) is 2.76. The molecule has 0 saturated heterocycles. The summed E-state index contributed by atoms with van der Waals surface area (Å²) in [4.78, 5) is 6.70. The first kappa shape index (κ1) is 15.1. The number of hydrogen-bond acceptors (Lipinski definition) is 5. The topological polar surface area (TPSA) is 68.2 Å². The first-order valence-electron chi connectivity index (χ1n) is 6.74. The third-order valence-electron chi connectivity index (χ3n) is 2.92. The van der Waals surface area contributed by atoms with Gasteiger partial charge in [-0.1, -0.05) is 32.9 Å². The summed E-state index contributed by atoms with van der Waals surface area (Å²) in [7, 11) is 0. The van der Waals surface area contributed by atoms with Gasteiger partial charge in [0.25, 0.3) is 0 Å². The second-order valence-electron chi connectivity index (χ2n) is 5.54. The number of aromatic nitrogens is 2. The highest BCUT2D eigenvalue weighted by atomic mass is 16.5. The molecule has 1 aromatic rings. The lowest BCUT2D eigenvalue weighted by Gasteiger charge is -2.30. The van der Waals surface area contributed by atoms with Gasteiger partial charge < -0.3 is 10.3 Å². The van der Waals surface area contributed by atoms with Crippen LogP contribution >= 0.6 is 0 Å². The summed E-state index contributed by atoms with van der Waals surface area (Å²) in [5.41, 5.74) is 5.91. The summed E-state index contributed by atoms with van der Waals surface area (Å²) in [6.07, 6.45) is 1.90. The maximum absolute atomic E-state index is 5.79. The molecule has 0 aromatic carbocycles. The van der Waals surface area contributed by atoms with Crippen molar-refractivity contribution in [2.24, 2.45) is 11.1 Å². The highest BCUT2D eigenvalue weighted by Gasteiger charge is 2.21. The predicted octanol–water partition coefficient (Wildman–Crippen LogP) is 1.83. The summed E-state index contributed by atoms with van der Waals surface area (Å²) in [6.45, 7) is 12.0. The van der Waals surface area contributed by atoms with Crippen molar-refractivity contribution >= 4 is 0 Å². The molecule has 1 heterocycles. The van der Waals surface area contributed by atoms with E-state index in [1.165, 1.54) is 0 Å². The number of nitrogens with zero attached hydrogens (tertiary/aromatic N) is 3. The van der Waals surface area contributed by atoms with Crippen LogP contribution in [0, 0.1) is 5.41 Å². The smallest absolute Gasteiger partial charge is 0.226 e. The molecule has 1 aromatic heterocycles. The third kappa shape index (κ3) is 4.74. The quantitative estimate of drug-likeness (QED) is 0.766. The Hall–Kier alpha value is -0.940. The van der Waals surface area contributed by atoms with E-state index in [-0.39, 0.29) is 5.41 Å². The number of aryl methyl sites for hydroxylation is 1. The van der Waals surface area contributed by atoms with Gasteiger partial charge >= 0.3 is 0 Å². The van der Waals surface area contributed by atoms with Gasteiger partial charge in [0.05, 0.1) is 6.54 Å². The van der Waals surface area contributed by atoms with E-state index in [4.69, 9.17) is 10.3 Å². The molecule has 0 radical (unpaired) electrons. The molecular weight excluding hydrogens is 228 g/mol. The fourth-order valence-electron chi connectivity index (χ4n) is 1.90. The Morgan fingerprint density at radius 3 is 2.56 bits per heavy atom. The van der Waals surface area contributed by atoms with Crippen LogP contribution in [0.1, 0.15) is 45.8 Å². The molecule has 5 heteroatoms. The van der Waals surface area contributed by atoms with E-state index in [1.54, 1.807) is 0 Å². The molecule has 0 aliphatic carbocycles. The van der Waals surface area contributed by atoms with Gasteiger partial charge in [0, 0.05) is 13.0 Å². The van der Waals surface area contributed by atoms with Crippen molar-refractivity contribution in [2.75, 3.05) is 19.6 Å². The number of hydrogen-bond donors (Lipinski definition) is 1. The van der Waals surface area contributed by atoms with E-state index in [2.05, 4.69) is 35.8 Å². The van der Waals surface area contributed by atoms with Crippen LogP contribution in [0.5, 0.6) is 0 Å². The van der Waals surface area contributed by atoms with Gasteiger partial charge in [-0.15, -0.1) is 0 Å². The lowest BCUT2D eigenvalue weighted by Crippen LogP contribution is -2.39. The third-order valence-corrected chi connectivity index (χ3v) is 2.92. The van der Waals surface area contributed by atoms with Gasteiger partial charge in [-0.05, 0) is 24.9 Å². The zero-order valence-corrected chi connectivity index (χ0v) is 12.1. The molecule has 0 atom stereocenters. The molecule has 1 rings (SSSR count). The average molecular weight is 254 g/mol. The molecule has 5 nitrogen and oxygen atoms in total. The van der Waals surface area contributed by atoms with Crippen molar-refractivity contribution in [3.63, 3.8) is 0 Å². The fourth-order valence-corrected chi connectivity index (χ4v) is 1.90. The summed E-state index contributed by atoms with van der Waals surface area (Å²) >= 11 is 0. The minimum atomic E-state index is 0.118. The molecular formula is C13H26N4O. The normalized spacial score (nSPS) is 12.3.